The smallest absolute Gasteiger partial charge is 0.277 e. The molecule has 0 unspecified atom stereocenters. The van der Waals surface area contributed by atoms with Gasteiger partial charge in [-0.15, -0.1) is 0 Å². The van der Waals surface area contributed by atoms with Gasteiger partial charge in [-0.05, 0) is 36.8 Å². The number of hydrogen-bond donors (Lipinski definition) is 1. The van der Waals surface area contributed by atoms with Gasteiger partial charge in [-0.3, -0.25) is 4.79 Å². The summed E-state index contributed by atoms with van der Waals surface area (Å²) in [5, 5.41) is 3.95. The van der Waals surface area contributed by atoms with Crippen LogP contribution in [0.15, 0.2) is 58.5 Å². The van der Waals surface area contributed by atoms with E-state index in [1.807, 2.05) is 0 Å². The van der Waals surface area contributed by atoms with Crippen LogP contribution in [-0.2, 0) is 14.8 Å². The lowest BCUT2D eigenvalue weighted by molar-refractivity contribution is -0.123. The maximum atomic E-state index is 13.0. The number of amides is 1. The van der Waals surface area contributed by atoms with Crippen molar-refractivity contribution in [2.45, 2.75) is 11.8 Å². The molecule has 7 nitrogen and oxygen atoms in total. The highest BCUT2D eigenvalue weighted by Gasteiger charge is 2.16. The second-order valence-electron chi connectivity index (χ2n) is 5.79. The molecular weight excluding hydrogens is 373 g/mol. The van der Waals surface area contributed by atoms with Gasteiger partial charge in [0.05, 0.1) is 10.6 Å². The predicted octanol–water partition coefficient (Wildman–Crippen LogP) is 2.00. The molecule has 0 saturated carbocycles. The third-order valence-corrected chi connectivity index (χ3v) is 5.39. The standard InChI is InChI=1S/C18H20FN3O4S/c1-13(14-7-9-17(10-8-14)27(24,25)22(2)3)20-21-18(23)12-26-16-6-4-5-15(19)11-16/h4-11H,12H2,1-3H3,(H,21,23)/b20-13-. The molecule has 0 aromatic heterocycles. The maximum absolute atomic E-state index is 13.0. The number of carbonyl (C=O) groups is 1. The van der Waals surface area contributed by atoms with E-state index in [-0.39, 0.29) is 17.3 Å². The summed E-state index contributed by atoms with van der Waals surface area (Å²) in [6, 6.07) is 11.6. The fourth-order valence-electron chi connectivity index (χ4n) is 2.03. The van der Waals surface area contributed by atoms with Crippen LogP contribution in [0, 0.1) is 5.82 Å². The lowest BCUT2D eigenvalue weighted by atomic mass is 10.1. The van der Waals surface area contributed by atoms with Crippen LogP contribution < -0.4 is 10.2 Å². The maximum Gasteiger partial charge on any atom is 0.277 e. The van der Waals surface area contributed by atoms with Gasteiger partial charge in [-0.1, -0.05) is 18.2 Å². The Morgan fingerprint density at radius 1 is 1.19 bits per heavy atom. The molecule has 0 spiro atoms. The van der Waals surface area contributed by atoms with E-state index in [1.54, 1.807) is 19.1 Å². The third-order valence-electron chi connectivity index (χ3n) is 3.56. The summed E-state index contributed by atoms with van der Waals surface area (Å²) in [6.45, 7) is 1.35. The number of nitrogens with zero attached hydrogens (tertiary/aromatic N) is 2. The van der Waals surface area contributed by atoms with Gasteiger partial charge in [0.15, 0.2) is 6.61 Å². The molecule has 144 valence electrons. The highest BCUT2D eigenvalue weighted by atomic mass is 32.2. The highest BCUT2D eigenvalue weighted by molar-refractivity contribution is 7.89. The zero-order chi connectivity index (χ0) is 20.0. The average molecular weight is 393 g/mol. The van der Waals surface area contributed by atoms with E-state index in [0.717, 1.165) is 4.31 Å². The average Bonchev–Trinajstić information content (AvgIpc) is 2.64. The van der Waals surface area contributed by atoms with Gasteiger partial charge in [-0.2, -0.15) is 5.10 Å². The van der Waals surface area contributed by atoms with Gasteiger partial charge in [0.25, 0.3) is 5.91 Å². The molecule has 2 aromatic rings. The zero-order valence-corrected chi connectivity index (χ0v) is 16.0. The molecule has 0 aliphatic heterocycles. The summed E-state index contributed by atoms with van der Waals surface area (Å²) in [7, 11) is -0.590. The Hall–Kier alpha value is -2.78. The summed E-state index contributed by atoms with van der Waals surface area (Å²) in [5.74, 6) is -0.726. The molecule has 1 amide bonds. The first-order valence-corrected chi connectivity index (χ1v) is 9.38. The second-order valence-corrected chi connectivity index (χ2v) is 7.94. The minimum Gasteiger partial charge on any atom is -0.484 e. The van der Waals surface area contributed by atoms with Crippen LogP contribution in [0.3, 0.4) is 0 Å². The van der Waals surface area contributed by atoms with Crippen molar-refractivity contribution < 1.29 is 22.3 Å². The Kier molecular flexibility index (Phi) is 6.65. The number of benzene rings is 2. The fraction of sp³-hybridized carbons (Fsp3) is 0.222. The molecule has 0 aliphatic rings. The zero-order valence-electron chi connectivity index (χ0n) is 15.1. The van der Waals surface area contributed by atoms with E-state index in [0.29, 0.717) is 11.3 Å². The van der Waals surface area contributed by atoms with Gasteiger partial charge in [-0.25, -0.2) is 22.5 Å². The summed E-state index contributed by atoms with van der Waals surface area (Å²) < 4.78 is 43.4. The van der Waals surface area contributed by atoms with Gasteiger partial charge in [0, 0.05) is 20.2 Å². The summed E-state index contributed by atoms with van der Waals surface area (Å²) >= 11 is 0. The van der Waals surface area contributed by atoms with Crippen molar-refractivity contribution in [2.24, 2.45) is 5.10 Å². The quantitative estimate of drug-likeness (QED) is 0.576. The van der Waals surface area contributed by atoms with Crippen molar-refractivity contribution in [1.82, 2.24) is 9.73 Å². The molecular formula is C18H20FN3O4S. The largest absolute Gasteiger partial charge is 0.484 e. The number of rotatable bonds is 7. The summed E-state index contributed by atoms with van der Waals surface area (Å²) in [4.78, 5) is 11.9. The SMILES string of the molecule is C/C(=N/NC(=O)COc1cccc(F)c1)c1ccc(S(=O)(=O)N(C)C)cc1. The van der Waals surface area contributed by atoms with Crippen LogP contribution in [0.4, 0.5) is 4.39 Å². The number of hydrazone groups is 1. The molecule has 1 N–H and O–H groups in total. The Morgan fingerprint density at radius 2 is 1.85 bits per heavy atom. The first kappa shape index (κ1) is 20.5. The van der Waals surface area contributed by atoms with E-state index < -0.39 is 21.7 Å². The van der Waals surface area contributed by atoms with Gasteiger partial charge < -0.3 is 4.74 Å². The number of sulfonamides is 1. The molecule has 0 fully saturated rings. The predicted molar refractivity (Wildman–Crippen MR) is 99.6 cm³/mol. The fourth-order valence-corrected chi connectivity index (χ4v) is 2.93. The molecule has 0 saturated heterocycles. The Bertz CT molecular complexity index is 941. The number of halogens is 1. The van der Waals surface area contributed by atoms with Gasteiger partial charge in [0.1, 0.15) is 11.6 Å². The molecule has 2 rings (SSSR count). The van der Waals surface area contributed by atoms with Crippen molar-refractivity contribution in [3.63, 3.8) is 0 Å². The van der Waals surface area contributed by atoms with Crippen LogP contribution in [0.5, 0.6) is 5.75 Å². The van der Waals surface area contributed by atoms with Crippen molar-refractivity contribution in [3.8, 4) is 5.75 Å². The monoisotopic (exact) mass is 393 g/mol. The van der Waals surface area contributed by atoms with Crippen LogP contribution in [0.25, 0.3) is 0 Å². The molecule has 0 heterocycles. The van der Waals surface area contributed by atoms with E-state index in [4.69, 9.17) is 4.74 Å². The minimum absolute atomic E-state index is 0.163. The normalized spacial score (nSPS) is 12.1. The Morgan fingerprint density at radius 3 is 2.44 bits per heavy atom. The summed E-state index contributed by atoms with van der Waals surface area (Å²) in [5.41, 5.74) is 3.47. The van der Waals surface area contributed by atoms with E-state index in [2.05, 4.69) is 10.5 Å². The topological polar surface area (TPSA) is 88.1 Å². The van der Waals surface area contributed by atoms with E-state index in [1.165, 1.54) is 50.5 Å². The molecule has 0 radical (unpaired) electrons. The van der Waals surface area contributed by atoms with Crippen LogP contribution in [0.1, 0.15) is 12.5 Å². The lowest BCUT2D eigenvalue weighted by Gasteiger charge is -2.11. The molecule has 9 heteroatoms. The Labute approximate surface area is 157 Å². The van der Waals surface area contributed by atoms with Crippen molar-refractivity contribution in [3.05, 3.63) is 59.9 Å². The van der Waals surface area contributed by atoms with Gasteiger partial charge >= 0.3 is 0 Å². The number of ether oxygens (including phenoxy) is 1. The highest BCUT2D eigenvalue weighted by Crippen LogP contribution is 2.14. The van der Waals surface area contributed by atoms with Crippen LogP contribution in [-0.4, -0.2) is 45.0 Å². The van der Waals surface area contributed by atoms with E-state index in [9.17, 15) is 17.6 Å². The van der Waals surface area contributed by atoms with Gasteiger partial charge in [0.2, 0.25) is 10.0 Å². The Balaban J connectivity index is 1.95. The third kappa shape index (κ3) is 5.60. The molecule has 0 atom stereocenters. The number of nitrogens with one attached hydrogen (secondary N) is 1. The van der Waals surface area contributed by atoms with Crippen LogP contribution >= 0.6 is 0 Å². The molecule has 27 heavy (non-hydrogen) atoms. The van der Waals surface area contributed by atoms with Crippen LogP contribution in [0.2, 0.25) is 0 Å². The number of carbonyl (C=O) groups excluding carboxylic acids is 1. The molecule has 0 bridgehead atoms. The minimum atomic E-state index is -3.50. The first-order valence-electron chi connectivity index (χ1n) is 7.94. The first-order chi connectivity index (χ1) is 12.7. The van der Waals surface area contributed by atoms with E-state index >= 15 is 0 Å². The molecule has 2 aromatic carbocycles. The molecule has 0 aliphatic carbocycles. The lowest BCUT2D eigenvalue weighted by Crippen LogP contribution is -2.25. The second kappa shape index (κ2) is 8.74. The number of hydrogen-bond acceptors (Lipinski definition) is 5. The van der Waals surface area contributed by atoms with Crippen molar-refractivity contribution >= 4 is 21.6 Å². The van der Waals surface area contributed by atoms with Crippen molar-refractivity contribution in [1.29, 1.82) is 0 Å². The summed E-state index contributed by atoms with van der Waals surface area (Å²) in [6.07, 6.45) is 0. The van der Waals surface area contributed by atoms with Crippen molar-refractivity contribution in [2.75, 3.05) is 20.7 Å².